The van der Waals surface area contributed by atoms with Gasteiger partial charge in [-0.15, -0.1) is 0 Å². The minimum absolute atomic E-state index is 0.00410. The number of hydrogen-bond acceptors (Lipinski definition) is 9. The summed E-state index contributed by atoms with van der Waals surface area (Å²) >= 11 is 0. The van der Waals surface area contributed by atoms with Gasteiger partial charge in [-0.3, -0.25) is 0 Å². The first-order valence-electron chi connectivity index (χ1n) is 21.5. The van der Waals surface area contributed by atoms with E-state index in [2.05, 4.69) is 96.1 Å². The molecule has 9 nitrogen and oxygen atoms in total. The largest absolute Gasteiger partial charge is 0.377 e. The molecule has 7 aliphatic rings. The monoisotopic (exact) mass is 772 g/mol. The lowest BCUT2D eigenvalue weighted by Gasteiger charge is -2.59. The third kappa shape index (κ3) is 7.59. The number of fused-ring (bicyclic) bond motifs is 6. The molecule has 0 N–H and O–H groups in total. The van der Waals surface area contributed by atoms with Gasteiger partial charge >= 0.3 is 0 Å². The zero-order valence-electron chi connectivity index (χ0n) is 34.4. The Kier molecular flexibility index (Phi) is 10.8. The van der Waals surface area contributed by atoms with Gasteiger partial charge in [-0.25, -0.2) is 0 Å². The molecule has 0 bridgehead atoms. The summed E-state index contributed by atoms with van der Waals surface area (Å²) in [7, 11) is 0. The van der Waals surface area contributed by atoms with E-state index in [1.165, 1.54) is 11.1 Å². The Morgan fingerprint density at radius 3 is 2.20 bits per heavy atom. The molecule has 56 heavy (non-hydrogen) atoms. The van der Waals surface area contributed by atoms with Crippen molar-refractivity contribution in [2.75, 3.05) is 13.2 Å². The summed E-state index contributed by atoms with van der Waals surface area (Å²) in [6.07, 6.45) is 7.89. The molecular weight excluding hydrogens is 709 g/mol. The van der Waals surface area contributed by atoms with Crippen LogP contribution in [0.25, 0.3) is 0 Å². The summed E-state index contributed by atoms with van der Waals surface area (Å²) in [5, 5.41) is 0. The molecule has 2 aromatic rings. The summed E-state index contributed by atoms with van der Waals surface area (Å²) in [5.74, 6) is 0.249. The van der Waals surface area contributed by atoms with E-state index in [-0.39, 0.29) is 67.0 Å². The van der Waals surface area contributed by atoms with E-state index in [9.17, 15) is 0 Å². The van der Waals surface area contributed by atoms with Crippen LogP contribution in [-0.2, 0) is 55.8 Å². The fraction of sp³-hybridized carbons (Fsp3) is 0.702. The number of rotatable bonds is 8. The van der Waals surface area contributed by atoms with Crippen LogP contribution in [0.3, 0.4) is 0 Å². The number of ether oxygens (including phenoxy) is 9. The molecule has 7 aliphatic heterocycles. The van der Waals surface area contributed by atoms with Gasteiger partial charge in [0.15, 0.2) is 0 Å². The zero-order valence-corrected chi connectivity index (χ0v) is 34.4. The van der Waals surface area contributed by atoms with Crippen molar-refractivity contribution in [3.05, 3.63) is 83.4 Å². The van der Waals surface area contributed by atoms with Crippen molar-refractivity contribution >= 4 is 0 Å². The molecule has 2 aromatic carbocycles. The molecule has 6 fully saturated rings. The van der Waals surface area contributed by atoms with E-state index in [1.54, 1.807) is 0 Å². The topological polar surface area (TPSA) is 83.1 Å². The van der Waals surface area contributed by atoms with Crippen molar-refractivity contribution in [2.24, 2.45) is 5.92 Å². The average Bonchev–Trinajstić information content (AvgIpc) is 3.39. The second-order valence-electron chi connectivity index (χ2n) is 19.0. The van der Waals surface area contributed by atoms with E-state index >= 15 is 0 Å². The molecule has 15 atom stereocenters. The van der Waals surface area contributed by atoms with Crippen molar-refractivity contribution in [1.82, 2.24) is 0 Å². The molecule has 0 aliphatic carbocycles. The van der Waals surface area contributed by atoms with Crippen molar-refractivity contribution in [1.29, 1.82) is 0 Å². The Morgan fingerprint density at radius 2 is 1.43 bits per heavy atom. The van der Waals surface area contributed by atoms with Crippen molar-refractivity contribution < 1.29 is 42.6 Å². The molecule has 306 valence electrons. The third-order valence-electron chi connectivity index (χ3n) is 14.6. The summed E-state index contributed by atoms with van der Waals surface area (Å²) in [5.41, 5.74) is 1.53. The Labute approximate surface area is 334 Å². The molecule has 0 spiro atoms. The van der Waals surface area contributed by atoms with Crippen LogP contribution in [0.4, 0.5) is 0 Å². The van der Waals surface area contributed by atoms with E-state index in [0.29, 0.717) is 32.8 Å². The van der Waals surface area contributed by atoms with Crippen LogP contribution in [-0.4, -0.2) is 96.7 Å². The van der Waals surface area contributed by atoms with Gasteiger partial charge in [0.25, 0.3) is 0 Å². The first-order chi connectivity index (χ1) is 26.9. The molecule has 9 rings (SSSR count). The SMILES string of the molecule is CC1=CCO[C@H]2C[C@H]3O[C@H]4C[C@@H](C)[C@H]5O[C@H]6C[C@H]7O[C@@](C)(CCOCc8ccccc8)[C@H](OCc8ccccc8)C[C@]7(C)O[C@]6(C)CC[C@@H]5O[C@@H]4C[C@]3(C)O[C@H]12. The lowest BCUT2D eigenvalue weighted by molar-refractivity contribution is -0.345. The maximum Gasteiger partial charge on any atom is 0.105 e. The first-order valence-corrected chi connectivity index (χ1v) is 21.5. The molecule has 6 saturated heterocycles. The van der Waals surface area contributed by atoms with Gasteiger partial charge in [-0.2, -0.15) is 0 Å². The van der Waals surface area contributed by atoms with Crippen LogP contribution in [0, 0.1) is 5.92 Å². The lowest BCUT2D eigenvalue weighted by atomic mass is 9.73. The Morgan fingerprint density at radius 1 is 0.696 bits per heavy atom. The first kappa shape index (κ1) is 39.3. The number of hydrogen-bond donors (Lipinski definition) is 0. The van der Waals surface area contributed by atoms with E-state index in [4.69, 9.17) is 42.6 Å². The Balaban J connectivity index is 0.911. The highest BCUT2D eigenvalue weighted by atomic mass is 16.6. The van der Waals surface area contributed by atoms with Crippen molar-refractivity contribution in [3.8, 4) is 0 Å². The summed E-state index contributed by atoms with van der Waals surface area (Å²) in [6, 6.07) is 20.7. The highest BCUT2D eigenvalue weighted by Crippen LogP contribution is 2.53. The van der Waals surface area contributed by atoms with E-state index < -0.39 is 22.4 Å². The molecule has 7 heterocycles. The normalized spacial score (nSPS) is 46.0. The highest BCUT2D eigenvalue weighted by Gasteiger charge is 2.62. The minimum Gasteiger partial charge on any atom is -0.377 e. The van der Waals surface area contributed by atoms with Crippen LogP contribution >= 0.6 is 0 Å². The van der Waals surface area contributed by atoms with Gasteiger partial charge in [-0.05, 0) is 76.5 Å². The quantitative estimate of drug-likeness (QED) is 0.196. The molecule has 0 aromatic heterocycles. The molecule has 0 saturated carbocycles. The minimum atomic E-state index is -0.572. The van der Waals surface area contributed by atoms with Gasteiger partial charge in [0, 0.05) is 38.7 Å². The second-order valence-corrected chi connectivity index (χ2v) is 19.0. The zero-order chi connectivity index (χ0) is 38.7. The molecule has 0 radical (unpaired) electrons. The predicted octanol–water partition coefficient (Wildman–Crippen LogP) is 8.06. The lowest BCUT2D eigenvalue weighted by Crippen LogP contribution is -2.69. The van der Waals surface area contributed by atoms with Crippen LogP contribution in [0.5, 0.6) is 0 Å². The Bertz CT molecular complexity index is 1690. The van der Waals surface area contributed by atoms with E-state index in [1.807, 2.05) is 12.1 Å². The smallest absolute Gasteiger partial charge is 0.105 e. The second kappa shape index (κ2) is 15.4. The van der Waals surface area contributed by atoms with Crippen molar-refractivity contribution in [3.63, 3.8) is 0 Å². The Hall–Kier alpha value is -2.18. The van der Waals surface area contributed by atoms with Crippen LogP contribution in [0.15, 0.2) is 72.3 Å². The molecular formula is C47H64O9. The van der Waals surface area contributed by atoms with Crippen LogP contribution in [0.2, 0.25) is 0 Å². The van der Waals surface area contributed by atoms with Gasteiger partial charge in [0.05, 0.1) is 97.2 Å². The van der Waals surface area contributed by atoms with Gasteiger partial charge in [0.1, 0.15) is 6.10 Å². The van der Waals surface area contributed by atoms with Crippen LogP contribution in [0.1, 0.15) is 104 Å². The van der Waals surface area contributed by atoms with Gasteiger partial charge in [-0.1, -0.05) is 73.7 Å². The van der Waals surface area contributed by atoms with E-state index in [0.717, 1.165) is 50.5 Å². The summed E-state index contributed by atoms with van der Waals surface area (Å²) in [6.45, 7) is 15.7. The summed E-state index contributed by atoms with van der Waals surface area (Å²) < 4.78 is 62.1. The summed E-state index contributed by atoms with van der Waals surface area (Å²) in [4.78, 5) is 0. The third-order valence-corrected chi connectivity index (χ3v) is 14.6. The fourth-order valence-electron chi connectivity index (χ4n) is 11.1. The molecule has 9 heteroatoms. The van der Waals surface area contributed by atoms with Crippen LogP contribution < -0.4 is 0 Å². The molecule has 0 unspecified atom stereocenters. The molecule has 0 amide bonds. The maximum atomic E-state index is 7.36. The maximum absolute atomic E-state index is 7.36. The van der Waals surface area contributed by atoms with Crippen molar-refractivity contribution in [2.45, 2.75) is 190 Å². The number of benzene rings is 2. The van der Waals surface area contributed by atoms with Gasteiger partial charge < -0.3 is 42.6 Å². The average molecular weight is 773 g/mol. The fourth-order valence-corrected chi connectivity index (χ4v) is 11.1. The highest BCUT2D eigenvalue weighted by molar-refractivity contribution is 5.18. The van der Waals surface area contributed by atoms with Gasteiger partial charge in [0.2, 0.25) is 0 Å². The predicted molar refractivity (Wildman–Crippen MR) is 211 cm³/mol. The standard InChI is InChI=1S/C47H64O9/c1-30-18-21-49-36-24-38-46(5,55-43(30)36)26-37-35(52-38)23-31(2)42-34(51-37)17-19-45(4)39(53-42)25-40-47(6,56-45)27-41(50-29-33-15-11-8-12-16-33)44(3,54-40)20-22-48-28-32-13-9-7-10-14-32/h7-16,18,31,34-43H,17,19-29H2,1-6H3/t31-,34+,35+,36+,37-,38-,39+,40-,41-,42-,43-,44+,45-,46+,47+/m1/s1.